The number of hydrogen-bond donors (Lipinski definition) is 1. The van der Waals surface area contributed by atoms with Gasteiger partial charge < -0.3 is 0 Å². The largest absolute Gasteiger partial charge is 0.214 e. The van der Waals surface area contributed by atoms with Crippen LogP contribution in [0.1, 0.15) is 5.56 Å². The summed E-state index contributed by atoms with van der Waals surface area (Å²) in [5, 5.41) is 0.886. The van der Waals surface area contributed by atoms with Gasteiger partial charge in [-0.05, 0) is 12.1 Å². The highest BCUT2D eigenvalue weighted by molar-refractivity contribution is 5.54. The maximum absolute atomic E-state index is 5.11. The molecule has 0 aromatic heterocycles. The Labute approximate surface area is 96.1 Å². The fraction of sp³-hybridized carbons (Fsp3) is 0.0714. The first kappa shape index (κ1) is 10.7. The number of nitrogens with one attached hydrogen (secondary N) is 1. The van der Waals surface area contributed by atoms with E-state index in [2.05, 4.69) is 24.3 Å². The van der Waals surface area contributed by atoms with E-state index >= 15 is 0 Å². The van der Waals surface area contributed by atoms with E-state index in [1.807, 2.05) is 43.1 Å². The Balaban J connectivity index is 1.99. The average molecular weight is 213 g/mol. The molecule has 0 aliphatic carbocycles. The van der Waals surface area contributed by atoms with Gasteiger partial charge in [-0.3, -0.25) is 0 Å². The Morgan fingerprint density at radius 1 is 1.19 bits per heavy atom. The van der Waals surface area contributed by atoms with Crippen LogP contribution in [-0.2, 0) is 4.84 Å². The van der Waals surface area contributed by atoms with Crippen molar-refractivity contribution in [2.75, 3.05) is 7.11 Å². The molecule has 1 aliphatic heterocycles. The second kappa shape index (κ2) is 5.35. The van der Waals surface area contributed by atoms with Crippen LogP contribution in [0, 0.1) is 6.54 Å². The maximum atomic E-state index is 5.11. The molecule has 1 unspecified atom stereocenters. The number of quaternary nitrogens is 1. The number of rotatable bonds is 3. The molecule has 0 spiro atoms. The molecular formula is C14H15NO. The Morgan fingerprint density at radius 2 is 2.00 bits per heavy atom. The molecule has 0 radical (unpaired) electrons. The molecule has 0 fully saturated rings. The third-order valence-electron chi connectivity index (χ3n) is 2.38. The molecule has 1 aromatic carbocycles. The Morgan fingerprint density at radius 3 is 2.62 bits per heavy atom. The van der Waals surface area contributed by atoms with E-state index in [0.29, 0.717) is 0 Å². The number of allylic oxidation sites excluding steroid dienone is 3. The van der Waals surface area contributed by atoms with Crippen molar-refractivity contribution in [2.45, 2.75) is 0 Å². The summed E-state index contributed by atoms with van der Waals surface area (Å²) in [6, 6.07) is 10.3. The average Bonchev–Trinajstić information content (AvgIpc) is 2.38. The van der Waals surface area contributed by atoms with Crippen LogP contribution in [0.4, 0.5) is 0 Å². The van der Waals surface area contributed by atoms with Crippen LogP contribution in [0.5, 0.6) is 0 Å². The van der Waals surface area contributed by atoms with Crippen molar-refractivity contribution < 1.29 is 9.90 Å². The maximum Gasteiger partial charge on any atom is 0.0989 e. The monoisotopic (exact) mass is 213 g/mol. The van der Waals surface area contributed by atoms with Crippen LogP contribution in [0.3, 0.4) is 0 Å². The van der Waals surface area contributed by atoms with Gasteiger partial charge in [-0.25, -0.2) is 9.90 Å². The van der Waals surface area contributed by atoms with Crippen molar-refractivity contribution in [1.29, 1.82) is 0 Å². The number of hydroxylamine groups is 2. The van der Waals surface area contributed by atoms with Gasteiger partial charge in [-0.15, -0.1) is 6.08 Å². The van der Waals surface area contributed by atoms with Gasteiger partial charge in [0.15, 0.2) is 0 Å². The standard InChI is InChI=1S/C14H15NO/c1-16-15-11-9-14(10-12-15)8-7-13-5-3-2-4-6-13/h2-12,15H,1H3/b8-7+. The van der Waals surface area contributed by atoms with E-state index in [0.717, 1.165) is 5.06 Å². The van der Waals surface area contributed by atoms with Gasteiger partial charge in [0.1, 0.15) is 0 Å². The summed E-state index contributed by atoms with van der Waals surface area (Å²) in [4.78, 5) is 5.11. The summed E-state index contributed by atoms with van der Waals surface area (Å²) >= 11 is 0. The van der Waals surface area contributed by atoms with E-state index in [1.165, 1.54) is 11.1 Å². The van der Waals surface area contributed by atoms with E-state index in [9.17, 15) is 0 Å². The second-order valence-electron chi connectivity index (χ2n) is 3.52. The predicted molar refractivity (Wildman–Crippen MR) is 65.0 cm³/mol. The number of hydrogen-bond acceptors (Lipinski definition) is 1. The zero-order valence-corrected chi connectivity index (χ0v) is 9.26. The van der Waals surface area contributed by atoms with Crippen molar-refractivity contribution in [3.05, 3.63) is 72.4 Å². The van der Waals surface area contributed by atoms with E-state index in [-0.39, 0.29) is 0 Å². The summed E-state index contributed by atoms with van der Waals surface area (Å²) in [6.07, 6.45) is 10.2. The second-order valence-corrected chi connectivity index (χ2v) is 3.52. The molecule has 1 atom stereocenters. The molecule has 1 heterocycles. The van der Waals surface area contributed by atoms with Gasteiger partial charge >= 0.3 is 0 Å². The molecule has 0 amide bonds. The van der Waals surface area contributed by atoms with Gasteiger partial charge in [0.25, 0.3) is 0 Å². The van der Waals surface area contributed by atoms with E-state index in [1.54, 1.807) is 7.11 Å². The van der Waals surface area contributed by atoms with E-state index < -0.39 is 0 Å². The first-order valence-electron chi connectivity index (χ1n) is 5.26. The fourth-order valence-corrected chi connectivity index (χ4v) is 1.47. The van der Waals surface area contributed by atoms with Gasteiger partial charge in [0.2, 0.25) is 0 Å². The molecule has 0 saturated carbocycles. The lowest BCUT2D eigenvalue weighted by Crippen LogP contribution is -3.03. The molecule has 2 heteroatoms. The Kier molecular flexibility index (Phi) is 3.59. The van der Waals surface area contributed by atoms with Crippen molar-refractivity contribution in [3.63, 3.8) is 0 Å². The molecule has 0 saturated heterocycles. The summed E-state index contributed by atoms with van der Waals surface area (Å²) in [7, 11) is 1.68. The lowest BCUT2D eigenvalue weighted by molar-refractivity contribution is -1.02. The highest BCUT2D eigenvalue weighted by atomic mass is 16.7. The zero-order valence-electron chi connectivity index (χ0n) is 9.26. The lowest BCUT2D eigenvalue weighted by atomic mass is 10.1. The number of benzene rings is 1. The topological polar surface area (TPSA) is 13.7 Å². The SMILES string of the molecule is CO[NH+]1C=CC(/C=C/c2ccccc2)=C[CH-]1. The van der Waals surface area contributed by atoms with Crippen LogP contribution >= 0.6 is 0 Å². The van der Waals surface area contributed by atoms with Crippen LogP contribution in [0.2, 0.25) is 0 Å². The first-order chi connectivity index (χ1) is 7.88. The minimum atomic E-state index is 0.886. The van der Waals surface area contributed by atoms with Gasteiger partial charge in [-0.1, -0.05) is 42.5 Å². The van der Waals surface area contributed by atoms with Crippen molar-refractivity contribution in [3.8, 4) is 0 Å². The van der Waals surface area contributed by atoms with Crippen LogP contribution in [-0.4, -0.2) is 7.11 Å². The Hall–Kier alpha value is -1.77. The molecule has 16 heavy (non-hydrogen) atoms. The minimum Gasteiger partial charge on any atom is -0.214 e. The smallest absolute Gasteiger partial charge is 0.0989 e. The highest BCUT2D eigenvalue weighted by Gasteiger charge is 1.97. The first-order valence-corrected chi connectivity index (χ1v) is 5.26. The van der Waals surface area contributed by atoms with Crippen LogP contribution < -0.4 is 5.06 Å². The zero-order chi connectivity index (χ0) is 11.2. The molecule has 1 aromatic rings. The predicted octanol–water partition coefficient (Wildman–Crippen LogP) is 1.76. The van der Waals surface area contributed by atoms with Crippen molar-refractivity contribution in [2.24, 2.45) is 0 Å². The third kappa shape index (κ3) is 2.86. The van der Waals surface area contributed by atoms with Crippen LogP contribution in [0.25, 0.3) is 6.08 Å². The third-order valence-corrected chi connectivity index (χ3v) is 2.38. The quantitative estimate of drug-likeness (QED) is 0.755. The Bertz CT molecular complexity index is 418. The molecule has 1 aliphatic rings. The molecule has 0 bridgehead atoms. The molecule has 1 N–H and O–H groups in total. The summed E-state index contributed by atoms with van der Waals surface area (Å²) < 4.78 is 0. The highest BCUT2D eigenvalue weighted by Crippen LogP contribution is 2.07. The van der Waals surface area contributed by atoms with Gasteiger partial charge in [0, 0.05) is 0 Å². The van der Waals surface area contributed by atoms with Crippen molar-refractivity contribution >= 4 is 6.08 Å². The normalized spacial score (nSPS) is 19.6. The lowest BCUT2D eigenvalue weighted by Gasteiger charge is -2.18. The van der Waals surface area contributed by atoms with Crippen molar-refractivity contribution in [1.82, 2.24) is 0 Å². The minimum absolute atomic E-state index is 0.886. The van der Waals surface area contributed by atoms with Gasteiger partial charge in [-0.2, -0.15) is 11.6 Å². The summed E-state index contributed by atoms with van der Waals surface area (Å²) in [5.74, 6) is 0. The fourth-order valence-electron chi connectivity index (χ4n) is 1.47. The van der Waals surface area contributed by atoms with E-state index in [4.69, 9.17) is 4.84 Å². The summed E-state index contributed by atoms with van der Waals surface area (Å²) in [6.45, 7) is 1.96. The molecule has 2 rings (SSSR count). The molecule has 2 nitrogen and oxygen atoms in total. The molecular weight excluding hydrogens is 198 g/mol. The van der Waals surface area contributed by atoms with Crippen LogP contribution in [0.15, 0.2) is 60.3 Å². The summed E-state index contributed by atoms with van der Waals surface area (Å²) in [5.41, 5.74) is 2.38. The molecule has 82 valence electrons. The van der Waals surface area contributed by atoms with Gasteiger partial charge in [0.05, 0.1) is 13.3 Å².